The normalized spacial score (nSPS) is 18.6. The Hall–Kier alpha value is -0.800. The fourth-order valence-corrected chi connectivity index (χ4v) is 3.00. The Morgan fingerprint density at radius 1 is 1.28 bits per heavy atom. The SMILES string of the molecule is NCCC1(Nc2ccc(F)c(Cl)c2)CCCCC1. The molecule has 18 heavy (non-hydrogen) atoms. The maximum absolute atomic E-state index is 13.1. The predicted molar refractivity (Wildman–Crippen MR) is 74.5 cm³/mol. The molecule has 0 heterocycles. The van der Waals surface area contributed by atoms with Crippen LogP contribution in [-0.4, -0.2) is 12.1 Å². The standard InChI is InChI=1S/C14H20ClFN2/c15-12-10-11(4-5-13(12)16)18-14(8-9-17)6-2-1-3-7-14/h4-5,10,18H,1-3,6-9,17H2. The Morgan fingerprint density at radius 3 is 2.61 bits per heavy atom. The third kappa shape index (κ3) is 3.15. The maximum Gasteiger partial charge on any atom is 0.141 e. The molecule has 100 valence electrons. The summed E-state index contributed by atoms with van der Waals surface area (Å²) in [7, 11) is 0. The largest absolute Gasteiger partial charge is 0.380 e. The minimum Gasteiger partial charge on any atom is -0.380 e. The molecule has 3 N–H and O–H groups in total. The molecule has 0 unspecified atom stereocenters. The van der Waals surface area contributed by atoms with Gasteiger partial charge < -0.3 is 11.1 Å². The van der Waals surface area contributed by atoms with E-state index in [9.17, 15) is 4.39 Å². The van der Waals surface area contributed by atoms with Crippen LogP contribution in [0, 0.1) is 5.82 Å². The maximum atomic E-state index is 13.1. The summed E-state index contributed by atoms with van der Waals surface area (Å²) < 4.78 is 13.1. The van der Waals surface area contributed by atoms with Gasteiger partial charge in [-0.25, -0.2) is 4.39 Å². The van der Waals surface area contributed by atoms with Crippen LogP contribution in [0.25, 0.3) is 0 Å². The number of benzene rings is 1. The van der Waals surface area contributed by atoms with Crippen LogP contribution in [0.2, 0.25) is 5.02 Å². The number of hydrogen-bond donors (Lipinski definition) is 2. The van der Waals surface area contributed by atoms with E-state index in [2.05, 4.69) is 5.32 Å². The van der Waals surface area contributed by atoms with Crippen LogP contribution >= 0.6 is 11.6 Å². The van der Waals surface area contributed by atoms with Gasteiger partial charge in [0.25, 0.3) is 0 Å². The zero-order valence-electron chi connectivity index (χ0n) is 10.5. The monoisotopic (exact) mass is 270 g/mol. The molecule has 0 radical (unpaired) electrons. The van der Waals surface area contributed by atoms with Gasteiger partial charge in [-0.1, -0.05) is 30.9 Å². The number of nitrogens with one attached hydrogen (secondary N) is 1. The second-order valence-electron chi connectivity index (χ2n) is 5.13. The molecule has 2 rings (SSSR count). The van der Waals surface area contributed by atoms with Crippen molar-refractivity contribution in [2.45, 2.75) is 44.1 Å². The first-order valence-electron chi connectivity index (χ1n) is 6.58. The summed E-state index contributed by atoms with van der Waals surface area (Å²) in [5.41, 5.74) is 6.68. The average Bonchev–Trinajstić information content (AvgIpc) is 2.35. The van der Waals surface area contributed by atoms with Gasteiger partial charge in [0.1, 0.15) is 5.82 Å². The highest BCUT2D eigenvalue weighted by molar-refractivity contribution is 6.31. The third-order valence-corrected chi connectivity index (χ3v) is 4.05. The van der Waals surface area contributed by atoms with Gasteiger partial charge in [0.15, 0.2) is 0 Å². The molecule has 0 saturated heterocycles. The van der Waals surface area contributed by atoms with Crippen LogP contribution in [0.4, 0.5) is 10.1 Å². The lowest BCUT2D eigenvalue weighted by Gasteiger charge is -2.39. The summed E-state index contributed by atoms with van der Waals surface area (Å²) in [6, 6.07) is 4.81. The zero-order chi connectivity index (χ0) is 13.0. The summed E-state index contributed by atoms with van der Waals surface area (Å²) in [4.78, 5) is 0. The highest BCUT2D eigenvalue weighted by Gasteiger charge is 2.30. The zero-order valence-corrected chi connectivity index (χ0v) is 11.3. The Balaban J connectivity index is 2.14. The molecule has 1 aromatic rings. The molecule has 1 aliphatic carbocycles. The highest BCUT2D eigenvalue weighted by Crippen LogP contribution is 2.34. The van der Waals surface area contributed by atoms with Crippen LogP contribution in [0.15, 0.2) is 18.2 Å². The minimum absolute atomic E-state index is 0.0636. The van der Waals surface area contributed by atoms with Crippen molar-refractivity contribution in [1.29, 1.82) is 0 Å². The molecule has 0 aliphatic heterocycles. The van der Waals surface area contributed by atoms with Crippen LogP contribution < -0.4 is 11.1 Å². The smallest absolute Gasteiger partial charge is 0.141 e. The quantitative estimate of drug-likeness (QED) is 0.870. The highest BCUT2D eigenvalue weighted by atomic mass is 35.5. The van der Waals surface area contributed by atoms with Crippen molar-refractivity contribution in [3.8, 4) is 0 Å². The fourth-order valence-electron chi connectivity index (χ4n) is 2.82. The molecule has 1 aromatic carbocycles. The van der Waals surface area contributed by atoms with Crippen molar-refractivity contribution in [2.24, 2.45) is 5.73 Å². The molecule has 0 bridgehead atoms. The summed E-state index contributed by atoms with van der Waals surface area (Å²) in [6.07, 6.45) is 6.93. The first-order chi connectivity index (χ1) is 8.65. The van der Waals surface area contributed by atoms with E-state index in [0.717, 1.165) is 24.9 Å². The van der Waals surface area contributed by atoms with Crippen molar-refractivity contribution in [1.82, 2.24) is 0 Å². The van der Waals surface area contributed by atoms with Crippen LogP contribution in [0.3, 0.4) is 0 Å². The third-order valence-electron chi connectivity index (χ3n) is 3.76. The molecule has 4 heteroatoms. The van der Waals surface area contributed by atoms with E-state index in [1.54, 1.807) is 12.1 Å². The van der Waals surface area contributed by atoms with Gasteiger partial charge in [0, 0.05) is 11.2 Å². The van der Waals surface area contributed by atoms with E-state index in [-0.39, 0.29) is 16.4 Å². The molecular weight excluding hydrogens is 251 g/mol. The molecule has 2 nitrogen and oxygen atoms in total. The Labute approximate surface area is 113 Å². The molecule has 0 atom stereocenters. The van der Waals surface area contributed by atoms with E-state index in [4.69, 9.17) is 17.3 Å². The molecule has 0 spiro atoms. The van der Waals surface area contributed by atoms with Gasteiger partial charge in [0.2, 0.25) is 0 Å². The van der Waals surface area contributed by atoms with Gasteiger partial charge in [0.05, 0.1) is 5.02 Å². The molecule has 1 aliphatic rings. The van der Waals surface area contributed by atoms with E-state index in [0.29, 0.717) is 6.54 Å². The van der Waals surface area contributed by atoms with Crippen LogP contribution in [-0.2, 0) is 0 Å². The summed E-state index contributed by atoms with van der Waals surface area (Å²) in [6.45, 7) is 0.669. The Bertz CT molecular complexity index is 397. The lowest BCUT2D eigenvalue weighted by atomic mass is 9.79. The first kappa shape index (κ1) is 13.6. The van der Waals surface area contributed by atoms with E-state index < -0.39 is 0 Å². The fraction of sp³-hybridized carbons (Fsp3) is 0.571. The number of nitrogens with two attached hydrogens (primary N) is 1. The predicted octanol–water partition coefficient (Wildman–Crippen LogP) is 3.94. The van der Waals surface area contributed by atoms with Gasteiger partial charge >= 0.3 is 0 Å². The number of hydrogen-bond acceptors (Lipinski definition) is 2. The molecule has 0 amide bonds. The summed E-state index contributed by atoms with van der Waals surface area (Å²) in [5.74, 6) is -0.376. The summed E-state index contributed by atoms with van der Waals surface area (Å²) >= 11 is 5.81. The van der Waals surface area contributed by atoms with E-state index >= 15 is 0 Å². The van der Waals surface area contributed by atoms with Crippen molar-refractivity contribution >= 4 is 17.3 Å². The molecular formula is C14H20ClFN2. The minimum atomic E-state index is -0.376. The second-order valence-corrected chi connectivity index (χ2v) is 5.54. The topological polar surface area (TPSA) is 38.0 Å². The van der Waals surface area contributed by atoms with Gasteiger partial charge in [-0.15, -0.1) is 0 Å². The average molecular weight is 271 g/mol. The molecule has 1 fully saturated rings. The van der Waals surface area contributed by atoms with Gasteiger partial charge in [-0.2, -0.15) is 0 Å². The lowest BCUT2D eigenvalue weighted by Crippen LogP contribution is -2.42. The first-order valence-corrected chi connectivity index (χ1v) is 6.96. The van der Waals surface area contributed by atoms with Crippen molar-refractivity contribution < 1.29 is 4.39 Å². The molecule has 0 aromatic heterocycles. The van der Waals surface area contributed by atoms with Crippen LogP contribution in [0.1, 0.15) is 38.5 Å². The van der Waals surface area contributed by atoms with Crippen molar-refractivity contribution in [3.05, 3.63) is 29.0 Å². The Kier molecular flexibility index (Phi) is 4.46. The number of anilines is 1. The lowest BCUT2D eigenvalue weighted by molar-refractivity contribution is 0.308. The second kappa shape index (κ2) is 5.89. The van der Waals surface area contributed by atoms with Crippen molar-refractivity contribution in [2.75, 3.05) is 11.9 Å². The van der Waals surface area contributed by atoms with Gasteiger partial charge in [-0.05, 0) is 44.0 Å². The van der Waals surface area contributed by atoms with Crippen LogP contribution in [0.5, 0.6) is 0 Å². The van der Waals surface area contributed by atoms with E-state index in [1.165, 1.54) is 25.3 Å². The number of halogens is 2. The molecule has 1 saturated carbocycles. The van der Waals surface area contributed by atoms with Crippen molar-refractivity contribution in [3.63, 3.8) is 0 Å². The van der Waals surface area contributed by atoms with E-state index in [1.807, 2.05) is 0 Å². The van der Waals surface area contributed by atoms with Gasteiger partial charge in [-0.3, -0.25) is 0 Å². The number of rotatable bonds is 4. The summed E-state index contributed by atoms with van der Waals surface area (Å²) in [5, 5.41) is 3.70. The Morgan fingerprint density at radius 2 is 2.00 bits per heavy atom.